The van der Waals surface area contributed by atoms with Crippen LogP contribution in [-0.4, -0.2) is 48.6 Å². The first-order chi connectivity index (χ1) is 16.6. The van der Waals surface area contributed by atoms with Gasteiger partial charge in [-0.15, -0.1) is 10.2 Å². The zero-order valence-corrected chi connectivity index (χ0v) is 18.6. The molecule has 0 N–H and O–H groups in total. The number of aromatic nitrogens is 5. The molecule has 0 spiro atoms. The summed E-state index contributed by atoms with van der Waals surface area (Å²) >= 11 is 0. The van der Waals surface area contributed by atoms with E-state index in [1.165, 1.54) is 6.07 Å². The molecule has 5 rings (SSSR count). The molecule has 9 heteroatoms. The summed E-state index contributed by atoms with van der Waals surface area (Å²) in [7, 11) is 0. The second-order valence-electron chi connectivity index (χ2n) is 8.25. The third kappa shape index (κ3) is 4.63. The number of carbonyl (C=O) groups excluding carboxylic acids is 1. The van der Waals surface area contributed by atoms with Gasteiger partial charge >= 0.3 is 0 Å². The van der Waals surface area contributed by atoms with Crippen molar-refractivity contribution in [2.45, 2.75) is 25.7 Å². The van der Waals surface area contributed by atoms with Crippen LogP contribution >= 0.6 is 0 Å². The van der Waals surface area contributed by atoms with Gasteiger partial charge in [0.15, 0.2) is 11.6 Å². The predicted molar refractivity (Wildman–Crippen MR) is 122 cm³/mol. The second kappa shape index (κ2) is 9.38. The standard InChI is InChI=1S/C25H23FN6O2/c1-17-12-23(34-22-10-3-2-9-21(22)26)30-24(29-17)19-7-5-11-31(14-19)25(33)18-6-4-8-20(13-18)32-15-27-28-16-32/h2-4,6,8-10,12-13,15-16,19H,5,7,11,14H2,1H3. The number of rotatable bonds is 5. The van der Waals surface area contributed by atoms with Crippen molar-refractivity contribution >= 4 is 5.91 Å². The van der Waals surface area contributed by atoms with Crippen LogP contribution in [0.3, 0.4) is 0 Å². The lowest BCUT2D eigenvalue weighted by Crippen LogP contribution is -2.39. The van der Waals surface area contributed by atoms with Crippen molar-refractivity contribution < 1.29 is 13.9 Å². The molecule has 1 amide bonds. The number of aryl methyl sites for hydroxylation is 1. The summed E-state index contributed by atoms with van der Waals surface area (Å²) in [5, 5.41) is 7.65. The lowest BCUT2D eigenvalue weighted by atomic mass is 9.96. The molecule has 2 aromatic heterocycles. The highest BCUT2D eigenvalue weighted by atomic mass is 19.1. The summed E-state index contributed by atoms with van der Waals surface area (Å²) in [5.41, 5.74) is 2.14. The molecule has 0 aliphatic carbocycles. The molecule has 1 saturated heterocycles. The highest BCUT2D eigenvalue weighted by molar-refractivity contribution is 5.94. The molecule has 1 aliphatic rings. The van der Waals surface area contributed by atoms with Crippen LogP contribution in [0.2, 0.25) is 0 Å². The Morgan fingerprint density at radius 3 is 2.71 bits per heavy atom. The highest BCUT2D eigenvalue weighted by Gasteiger charge is 2.28. The first-order valence-corrected chi connectivity index (χ1v) is 11.1. The zero-order valence-electron chi connectivity index (χ0n) is 18.6. The molecule has 34 heavy (non-hydrogen) atoms. The SMILES string of the molecule is Cc1cc(Oc2ccccc2F)nc(C2CCCN(C(=O)c3cccc(-n4cnnc4)c3)C2)n1. The molecule has 1 aliphatic heterocycles. The largest absolute Gasteiger partial charge is 0.436 e. The van der Waals surface area contributed by atoms with Crippen molar-refractivity contribution in [1.82, 2.24) is 29.6 Å². The van der Waals surface area contributed by atoms with E-state index in [2.05, 4.69) is 20.2 Å². The van der Waals surface area contributed by atoms with Gasteiger partial charge in [0.05, 0.1) is 0 Å². The van der Waals surface area contributed by atoms with Crippen LogP contribution in [0.1, 0.15) is 40.6 Å². The van der Waals surface area contributed by atoms with Gasteiger partial charge in [-0.2, -0.15) is 4.98 Å². The van der Waals surface area contributed by atoms with Crippen molar-refractivity contribution in [3.05, 3.63) is 90.2 Å². The van der Waals surface area contributed by atoms with Crippen LogP contribution in [0.5, 0.6) is 11.6 Å². The van der Waals surface area contributed by atoms with Crippen LogP contribution in [0.25, 0.3) is 5.69 Å². The van der Waals surface area contributed by atoms with E-state index in [1.807, 2.05) is 36.1 Å². The lowest BCUT2D eigenvalue weighted by molar-refractivity contribution is 0.0704. The Morgan fingerprint density at radius 2 is 1.88 bits per heavy atom. The summed E-state index contributed by atoms with van der Waals surface area (Å²) in [4.78, 5) is 24.3. The Morgan fingerprint density at radius 1 is 1.06 bits per heavy atom. The highest BCUT2D eigenvalue weighted by Crippen LogP contribution is 2.29. The first-order valence-electron chi connectivity index (χ1n) is 11.1. The third-order valence-electron chi connectivity index (χ3n) is 5.78. The minimum atomic E-state index is -0.455. The van der Waals surface area contributed by atoms with Crippen LogP contribution in [-0.2, 0) is 0 Å². The van der Waals surface area contributed by atoms with E-state index in [0.29, 0.717) is 24.5 Å². The average Bonchev–Trinajstić information content (AvgIpc) is 3.40. The molecule has 0 bridgehead atoms. The van der Waals surface area contributed by atoms with Gasteiger partial charge in [0.2, 0.25) is 5.88 Å². The Labute approximate surface area is 196 Å². The maximum atomic E-state index is 14.0. The van der Waals surface area contributed by atoms with E-state index in [1.54, 1.807) is 41.5 Å². The lowest BCUT2D eigenvalue weighted by Gasteiger charge is -2.32. The van der Waals surface area contributed by atoms with Crippen LogP contribution in [0.4, 0.5) is 4.39 Å². The van der Waals surface area contributed by atoms with E-state index in [4.69, 9.17) is 4.74 Å². The number of para-hydroxylation sites is 1. The number of nitrogens with zero attached hydrogens (tertiary/aromatic N) is 6. The molecule has 1 unspecified atom stereocenters. The van der Waals surface area contributed by atoms with Crippen molar-refractivity contribution in [3.8, 4) is 17.3 Å². The summed E-state index contributed by atoms with van der Waals surface area (Å²) in [6, 6.07) is 15.3. The van der Waals surface area contributed by atoms with Crippen molar-refractivity contribution in [1.29, 1.82) is 0 Å². The van der Waals surface area contributed by atoms with E-state index >= 15 is 0 Å². The van der Waals surface area contributed by atoms with Gasteiger partial charge in [-0.05, 0) is 50.1 Å². The smallest absolute Gasteiger partial charge is 0.253 e. The predicted octanol–water partition coefficient (Wildman–Crippen LogP) is 4.32. The summed E-state index contributed by atoms with van der Waals surface area (Å²) < 4.78 is 21.5. The second-order valence-corrected chi connectivity index (χ2v) is 8.25. The van der Waals surface area contributed by atoms with E-state index in [-0.39, 0.29) is 23.5 Å². The molecule has 0 saturated carbocycles. The summed E-state index contributed by atoms with van der Waals surface area (Å²) in [6.07, 6.45) is 4.88. The number of benzene rings is 2. The Hall–Kier alpha value is -4.14. The van der Waals surface area contributed by atoms with Crippen LogP contribution < -0.4 is 4.74 Å². The van der Waals surface area contributed by atoms with E-state index < -0.39 is 5.82 Å². The topological polar surface area (TPSA) is 86.0 Å². The number of hydrogen-bond acceptors (Lipinski definition) is 6. The molecule has 172 valence electrons. The van der Waals surface area contributed by atoms with Gasteiger partial charge in [-0.25, -0.2) is 9.37 Å². The molecule has 3 heterocycles. The number of halogens is 1. The fourth-order valence-corrected chi connectivity index (χ4v) is 4.13. The summed E-state index contributed by atoms with van der Waals surface area (Å²) in [5.74, 6) is 0.458. The monoisotopic (exact) mass is 458 g/mol. The average molecular weight is 458 g/mol. The molecule has 0 radical (unpaired) electrons. The number of carbonyl (C=O) groups is 1. The fourth-order valence-electron chi connectivity index (χ4n) is 4.13. The van der Waals surface area contributed by atoms with Gasteiger partial charge in [0.1, 0.15) is 18.5 Å². The number of amides is 1. The summed E-state index contributed by atoms with van der Waals surface area (Å²) in [6.45, 7) is 3.01. The number of piperidine rings is 1. The van der Waals surface area contributed by atoms with Crippen molar-refractivity contribution in [2.24, 2.45) is 0 Å². The van der Waals surface area contributed by atoms with Crippen LogP contribution in [0, 0.1) is 12.7 Å². The van der Waals surface area contributed by atoms with Crippen LogP contribution in [0.15, 0.2) is 67.3 Å². The van der Waals surface area contributed by atoms with E-state index in [0.717, 1.165) is 24.2 Å². The zero-order chi connectivity index (χ0) is 23.5. The minimum Gasteiger partial charge on any atom is -0.436 e. The number of likely N-dealkylation sites (tertiary alicyclic amines) is 1. The third-order valence-corrected chi connectivity index (χ3v) is 5.78. The Bertz CT molecular complexity index is 1310. The van der Waals surface area contributed by atoms with Gasteiger partial charge in [0, 0.05) is 42.0 Å². The van der Waals surface area contributed by atoms with Gasteiger partial charge in [-0.3, -0.25) is 9.36 Å². The molecule has 1 atom stereocenters. The minimum absolute atomic E-state index is 0.0402. The van der Waals surface area contributed by atoms with Gasteiger partial charge in [-0.1, -0.05) is 18.2 Å². The van der Waals surface area contributed by atoms with Gasteiger partial charge < -0.3 is 9.64 Å². The maximum absolute atomic E-state index is 14.0. The maximum Gasteiger partial charge on any atom is 0.253 e. The molecule has 4 aromatic rings. The molecule has 2 aromatic carbocycles. The number of ether oxygens (including phenoxy) is 1. The van der Waals surface area contributed by atoms with Gasteiger partial charge in [0.25, 0.3) is 5.91 Å². The van der Waals surface area contributed by atoms with E-state index in [9.17, 15) is 9.18 Å². The molecule has 8 nitrogen and oxygen atoms in total. The Balaban J connectivity index is 1.34. The molecule has 1 fully saturated rings. The quantitative estimate of drug-likeness (QED) is 0.443. The number of hydrogen-bond donors (Lipinski definition) is 0. The van der Waals surface area contributed by atoms with Crippen molar-refractivity contribution in [3.63, 3.8) is 0 Å². The molecular weight excluding hydrogens is 435 g/mol. The van der Waals surface area contributed by atoms with Crippen molar-refractivity contribution in [2.75, 3.05) is 13.1 Å². The Kier molecular flexibility index (Phi) is 5.99. The fraction of sp³-hybridized carbons (Fsp3) is 0.240. The normalized spacial score (nSPS) is 15.8. The first kappa shape index (κ1) is 21.7. The molecular formula is C25H23FN6O2.